The van der Waals surface area contributed by atoms with Gasteiger partial charge in [-0.3, -0.25) is 0 Å². The highest BCUT2D eigenvalue weighted by Crippen LogP contribution is 2.30. The number of allylic oxidation sites excluding steroid dienone is 2. The molecule has 0 amide bonds. The average molecular weight is 361 g/mol. The number of hydrogen-bond donors (Lipinski definition) is 0. The van der Waals surface area contributed by atoms with Crippen LogP contribution in [0.4, 0.5) is 4.39 Å². The maximum atomic E-state index is 15.1. The maximum absolute atomic E-state index is 15.1. The summed E-state index contributed by atoms with van der Waals surface area (Å²) in [6, 6.07) is 18.4. The monoisotopic (exact) mass is 360 g/mol. The highest BCUT2D eigenvalue weighted by Gasteiger charge is 2.10. The lowest BCUT2D eigenvalue weighted by molar-refractivity contribution is 0.643. The molecular formula is C26H29F. The summed E-state index contributed by atoms with van der Waals surface area (Å²) in [5.41, 5.74) is 4.22. The molecule has 3 aromatic carbocycles. The van der Waals surface area contributed by atoms with E-state index in [2.05, 4.69) is 55.5 Å². The Balaban J connectivity index is 1.82. The van der Waals surface area contributed by atoms with Crippen molar-refractivity contribution in [1.82, 2.24) is 0 Å². The Morgan fingerprint density at radius 2 is 1.63 bits per heavy atom. The third-order valence-corrected chi connectivity index (χ3v) is 5.19. The SMILES string of the molecule is C/C=C/CCc1ccc2c(F)c(-c3ccc(CCCCC)cc3)ccc2c1. The molecule has 27 heavy (non-hydrogen) atoms. The van der Waals surface area contributed by atoms with Gasteiger partial charge in [-0.15, -0.1) is 0 Å². The Labute approximate surface area is 162 Å². The van der Waals surface area contributed by atoms with Crippen LogP contribution in [-0.2, 0) is 12.8 Å². The fourth-order valence-electron chi connectivity index (χ4n) is 3.57. The lowest BCUT2D eigenvalue weighted by Crippen LogP contribution is -1.91. The molecule has 0 saturated heterocycles. The molecule has 0 aliphatic carbocycles. The van der Waals surface area contributed by atoms with Crippen molar-refractivity contribution in [2.24, 2.45) is 0 Å². The fraction of sp³-hybridized carbons (Fsp3) is 0.308. The molecule has 0 heterocycles. The van der Waals surface area contributed by atoms with Gasteiger partial charge in [0.15, 0.2) is 0 Å². The molecule has 1 heteroatoms. The second-order valence-corrected chi connectivity index (χ2v) is 7.24. The van der Waals surface area contributed by atoms with Gasteiger partial charge >= 0.3 is 0 Å². The first kappa shape index (κ1) is 19.4. The highest BCUT2D eigenvalue weighted by atomic mass is 19.1. The number of unbranched alkanes of at least 4 members (excludes halogenated alkanes) is 2. The molecule has 0 aromatic heterocycles. The molecule has 0 N–H and O–H groups in total. The summed E-state index contributed by atoms with van der Waals surface area (Å²) >= 11 is 0. The van der Waals surface area contributed by atoms with Crippen LogP contribution in [0, 0.1) is 5.82 Å². The third kappa shape index (κ3) is 4.86. The molecule has 0 fully saturated rings. The molecule has 0 nitrogen and oxygen atoms in total. The van der Waals surface area contributed by atoms with E-state index >= 15 is 4.39 Å². The lowest BCUT2D eigenvalue weighted by Gasteiger charge is -2.09. The zero-order valence-electron chi connectivity index (χ0n) is 16.5. The second kappa shape index (κ2) is 9.50. The topological polar surface area (TPSA) is 0 Å². The van der Waals surface area contributed by atoms with Crippen LogP contribution in [0.15, 0.2) is 66.7 Å². The first-order valence-corrected chi connectivity index (χ1v) is 10.1. The van der Waals surface area contributed by atoms with Crippen LogP contribution in [0.2, 0.25) is 0 Å². The summed E-state index contributed by atoms with van der Waals surface area (Å²) in [5.74, 6) is -0.119. The van der Waals surface area contributed by atoms with Crippen molar-refractivity contribution in [2.75, 3.05) is 0 Å². The molecule has 3 rings (SSSR count). The maximum Gasteiger partial charge on any atom is 0.138 e. The third-order valence-electron chi connectivity index (χ3n) is 5.19. The van der Waals surface area contributed by atoms with Crippen LogP contribution in [0.5, 0.6) is 0 Å². The van der Waals surface area contributed by atoms with Crippen molar-refractivity contribution in [3.8, 4) is 11.1 Å². The minimum absolute atomic E-state index is 0.119. The van der Waals surface area contributed by atoms with Crippen LogP contribution in [0.3, 0.4) is 0 Å². The van der Waals surface area contributed by atoms with Crippen LogP contribution < -0.4 is 0 Å². The van der Waals surface area contributed by atoms with Crippen molar-refractivity contribution < 1.29 is 4.39 Å². The van der Waals surface area contributed by atoms with Crippen molar-refractivity contribution >= 4 is 10.8 Å². The van der Waals surface area contributed by atoms with Gasteiger partial charge in [-0.05, 0) is 54.7 Å². The van der Waals surface area contributed by atoms with Gasteiger partial charge in [0.1, 0.15) is 5.82 Å². The van der Waals surface area contributed by atoms with Gasteiger partial charge < -0.3 is 0 Å². The Morgan fingerprint density at radius 1 is 0.852 bits per heavy atom. The molecule has 0 saturated carbocycles. The molecule has 0 radical (unpaired) electrons. The summed E-state index contributed by atoms with van der Waals surface area (Å²) < 4.78 is 15.1. The Hall–Kier alpha value is -2.41. The molecule has 140 valence electrons. The van der Waals surface area contributed by atoms with E-state index in [9.17, 15) is 0 Å². The van der Waals surface area contributed by atoms with E-state index in [-0.39, 0.29) is 5.82 Å². The van der Waals surface area contributed by atoms with Gasteiger partial charge in [0.25, 0.3) is 0 Å². The standard InChI is InChI=1S/C26H29F/c1-3-5-7-9-20-11-14-22(15-12-20)24-18-16-23-19-21(10-8-6-4-2)13-17-25(23)26(24)27/h4,6,11-19H,3,5,7-10H2,1-2H3/b6-4+. The number of aryl methyl sites for hydroxylation is 2. The lowest BCUT2D eigenvalue weighted by atomic mass is 9.96. The highest BCUT2D eigenvalue weighted by molar-refractivity contribution is 5.88. The molecule has 0 bridgehead atoms. The van der Waals surface area contributed by atoms with Crippen LogP contribution in [0.25, 0.3) is 21.9 Å². The quantitative estimate of drug-likeness (QED) is 0.283. The first-order valence-electron chi connectivity index (χ1n) is 10.1. The van der Waals surface area contributed by atoms with Gasteiger partial charge in [0, 0.05) is 10.9 Å². The predicted molar refractivity (Wildman–Crippen MR) is 116 cm³/mol. The van der Waals surface area contributed by atoms with E-state index in [4.69, 9.17) is 0 Å². The molecule has 3 aromatic rings. The van der Waals surface area contributed by atoms with Crippen molar-refractivity contribution in [3.63, 3.8) is 0 Å². The van der Waals surface area contributed by atoms with Crippen LogP contribution >= 0.6 is 0 Å². The predicted octanol–water partition coefficient (Wildman–Crippen LogP) is 7.89. The van der Waals surface area contributed by atoms with Crippen molar-refractivity contribution in [3.05, 3.63) is 83.7 Å². The zero-order valence-corrected chi connectivity index (χ0v) is 16.5. The minimum Gasteiger partial charge on any atom is -0.206 e. The summed E-state index contributed by atoms with van der Waals surface area (Å²) in [6.07, 6.45) is 11.1. The molecule has 0 spiro atoms. The van der Waals surface area contributed by atoms with Crippen molar-refractivity contribution in [1.29, 1.82) is 0 Å². The smallest absolute Gasteiger partial charge is 0.138 e. The number of halogens is 1. The summed E-state index contributed by atoms with van der Waals surface area (Å²) in [7, 11) is 0. The molecular weight excluding hydrogens is 331 g/mol. The number of rotatable bonds is 8. The largest absolute Gasteiger partial charge is 0.206 e. The number of hydrogen-bond acceptors (Lipinski definition) is 0. The molecule has 0 aliphatic heterocycles. The van der Waals surface area contributed by atoms with Gasteiger partial charge in [-0.25, -0.2) is 4.39 Å². The van der Waals surface area contributed by atoms with E-state index < -0.39 is 0 Å². The Morgan fingerprint density at radius 3 is 2.37 bits per heavy atom. The van der Waals surface area contributed by atoms with E-state index in [0.717, 1.165) is 30.2 Å². The molecule has 0 aliphatic rings. The van der Waals surface area contributed by atoms with Gasteiger partial charge in [0.2, 0.25) is 0 Å². The zero-order chi connectivity index (χ0) is 19.1. The van der Waals surface area contributed by atoms with Gasteiger partial charge in [-0.1, -0.05) is 86.5 Å². The van der Waals surface area contributed by atoms with Gasteiger partial charge in [-0.2, -0.15) is 0 Å². The van der Waals surface area contributed by atoms with Crippen LogP contribution in [-0.4, -0.2) is 0 Å². The number of fused-ring (bicyclic) bond motifs is 1. The van der Waals surface area contributed by atoms with E-state index in [1.54, 1.807) is 0 Å². The molecule has 0 unspecified atom stereocenters. The molecule has 0 atom stereocenters. The van der Waals surface area contributed by atoms with Gasteiger partial charge in [0.05, 0.1) is 0 Å². The minimum atomic E-state index is -0.119. The summed E-state index contributed by atoms with van der Waals surface area (Å²) in [4.78, 5) is 0. The summed E-state index contributed by atoms with van der Waals surface area (Å²) in [6.45, 7) is 4.26. The van der Waals surface area contributed by atoms with Crippen LogP contribution in [0.1, 0.15) is 50.7 Å². The first-order chi connectivity index (χ1) is 13.2. The Kier molecular flexibility index (Phi) is 6.81. The number of benzene rings is 3. The van der Waals surface area contributed by atoms with Crippen molar-refractivity contribution in [2.45, 2.75) is 52.4 Å². The Bertz CT molecular complexity index is 903. The normalized spacial score (nSPS) is 11.5. The second-order valence-electron chi connectivity index (χ2n) is 7.24. The van der Waals surface area contributed by atoms with E-state index in [1.807, 2.05) is 25.1 Å². The van der Waals surface area contributed by atoms with E-state index in [1.165, 1.54) is 30.4 Å². The average Bonchev–Trinajstić information content (AvgIpc) is 2.69. The van der Waals surface area contributed by atoms with E-state index in [0.29, 0.717) is 10.9 Å². The summed E-state index contributed by atoms with van der Waals surface area (Å²) in [5, 5.41) is 1.68. The fourth-order valence-corrected chi connectivity index (χ4v) is 3.57.